The smallest absolute Gasteiger partial charge is 0.252 e. The van der Waals surface area contributed by atoms with Crippen LogP contribution in [0.1, 0.15) is 46.1 Å². The van der Waals surface area contributed by atoms with Gasteiger partial charge in [0.05, 0.1) is 26.5 Å². The molecule has 0 aliphatic carbocycles. The summed E-state index contributed by atoms with van der Waals surface area (Å²) in [5, 5.41) is 4.87. The summed E-state index contributed by atoms with van der Waals surface area (Å²) in [5.41, 5.74) is 5.41. The second kappa shape index (κ2) is 9.45. The summed E-state index contributed by atoms with van der Waals surface area (Å²) in [6.45, 7) is 6.25. The van der Waals surface area contributed by atoms with E-state index in [0.717, 1.165) is 33.8 Å². The Hall–Kier alpha value is -4.20. The zero-order chi connectivity index (χ0) is 25.4. The van der Waals surface area contributed by atoms with Crippen LogP contribution in [0.15, 0.2) is 54.6 Å². The van der Waals surface area contributed by atoms with Gasteiger partial charge in [-0.05, 0) is 38.5 Å². The lowest BCUT2D eigenvalue weighted by Crippen LogP contribution is -2.38. The minimum atomic E-state index is -0.236. The first kappa shape index (κ1) is 23.5. The number of anilines is 1. The normalized spacial score (nSPS) is 15.1. The molecule has 0 fully saturated rings. The van der Waals surface area contributed by atoms with Crippen molar-refractivity contribution in [1.29, 1.82) is 0 Å². The van der Waals surface area contributed by atoms with E-state index in [4.69, 9.17) is 14.6 Å². The van der Waals surface area contributed by atoms with E-state index in [1.807, 2.05) is 75.4 Å². The van der Waals surface area contributed by atoms with Crippen LogP contribution in [0, 0.1) is 20.8 Å². The highest BCUT2D eigenvalue weighted by molar-refractivity contribution is 5.97. The molecule has 0 spiro atoms. The molecule has 1 aliphatic rings. The Morgan fingerprint density at radius 2 is 1.67 bits per heavy atom. The summed E-state index contributed by atoms with van der Waals surface area (Å²) in [4.78, 5) is 24.9. The van der Waals surface area contributed by atoms with Crippen LogP contribution in [-0.2, 0) is 11.3 Å². The molecule has 2 aromatic carbocycles. The van der Waals surface area contributed by atoms with E-state index >= 15 is 0 Å². The number of carbonyl (C=O) groups is 1. The third-order valence-electron chi connectivity index (χ3n) is 6.52. The SMILES string of the molecule is COc1ccc([C@H]2CC(=O)N(Cc3ccccc3)c3c2c(C)nn3-c2nc(C)cc(C)n2)c(OC)c1. The van der Waals surface area contributed by atoms with Gasteiger partial charge in [-0.1, -0.05) is 36.4 Å². The third kappa shape index (κ3) is 4.19. The number of ether oxygens (including phenoxy) is 2. The van der Waals surface area contributed by atoms with E-state index in [0.29, 0.717) is 36.2 Å². The van der Waals surface area contributed by atoms with E-state index < -0.39 is 0 Å². The molecule has 0 saturated heterocycles. The Kier molecular flexibility index (Phi) is 6.18. The summed E-state index contributed by atoms with van der Waals surface area (Å²) in [5.74, 6) is 2.27. The summed E-state index contributed by atoms with van der Waals surface area (Å²) in [6, 6.07) is 17.6. The molecule has 8 nitrogen and oxygen atoms in total. The highest BCUT2D eigenvalue weighted by Gasteiger charge is 2.39. The van der Waals surface area contributed by atoms with E-state index in [9.17, 15) is 4.79 Å². The van der Waals surface area contributed by atoms with Crippen LogP contribution in [0.4, 0.5) is 5.82 Å². The quantitative estimate of drug-likeness (QED) is 0.396. The molecule has 1 amide bonds. The van der Waals surface area contributed by atoms with Crippen LogP contribution in [0.5, 0.6) is 11.5 Å². The van der Waals surface area contributed by atoms with Gasteiger partial charge >= 0.3 is 0 Å². The van der Waals surface area contributed by atoms with Crippen molar-refractivity contribution in [3.05, 3.63) is 88.4 Å². The molecule has 0 radical (unpaired) electrons. The standard InChI is InChI=1S/C28H29N5O3/c1-17-13-18(2)30-28(29-17)33-27-26(19(3)31-33)23(22-12-11-21(35-4)14-24(22)36-5)15-25(34)32(27)16-20-9-7-6-8-10-20/h6-14,23H,15-16H2,1-5H3/t23-/m1/s1. The number of aryl methyl sites for hydroxylation is 3. The highest BCUT2D eigenvalue weighted by Crippen LogP contribution is 2.46. The van der Waals surface area contributed by atoms with Crippen LogP contribution >= 0.6 is 0 Å². The Labute approximate surface area is 210 Å². The molecular formula is C28H29N5O3. The van der Waals surface area contributed by atoms with Crippen LogP contribution in [0.25, 0.3) is 5.95 Å². The number of carbonyl (C=O) groups excluding carboxylic acids is 1. The molecule has 184 valence electrons. The maximum absolute atomic E-state index is 13.8. The van der Waals surface area contributed by atoms with Gasteiger partial charge in [-0.3, -0.25) is 9.69 Å². The Balaban J connectivity index is 1.72. The molecule has 4 aromatic rings. The van der Waals surface area contributed by atoms with Crippen molar-refractivity contribution in [2.24, 2.45) is 0 Å². The first-order valence-electron chi connectivity index (χ1n) is 11.9. The summed E-state index contributed by atoms with van der Waals surface area (Å²) in [7, 11) is 3.25. The Bertz CT molecular complexity index is 1410. The number of nitrogens with zero attached hydrogens (tertiary/aromatic N) is 5. The van der Waals surface area contributed by atoms with Gasteiger partial charge < -0.3 is 9.47 Å². The number of hydrogen-bond donors (Lipinski definition) is 0. The van der Waals surface area contributed by atoms with E-state index in [1.165, 1.54) is 0 Å². The van der Waals surface area contributed by atoms with Gasteiger partial charge in [-0.15, -0.1) is 0 Å². The lowest BCUT2D eigenvalue weighted by atomic mass is 9.84. The van der Waals surface area contributed by atoms with Crippen molar-refractivity contribution in [1.82, 2.24) is 19.7 Å². The van der Waals surface area contributed by atoms with Crippen molar-refractivity contribution in [2.75, 3.05) is 19.1 Å². The molecule has 1 atom stereocenters. The second-order valence-electron chi connectivity index (χ2n) is 9.02. The lowest BCUT2D eigenvalue weighted by Gasteiger charge is -2.33. The number of benzene rings is 2. The van der Waals surface area contributed by atoms with Crippen molar-refractivity contribution < 1.29 is 14.3 Å². The van der Waals surface area contributed by atoms with Crippen molar-refractivity contribution in [3.63, 3.8) is 0 Å². The third-order valence-corrected chi connectivity index (χ3v) is 6.52. The second-order valence-corrected chi connectivity index (χ2v) is 9.02. The number of amides is 1. The van der Waals surface area contributed by atoms with Gasteiger partial charge in [0.1, 0.15) is 17.3 Å². The summed E-state index contributed by atoms with van der Waals surface area (Å²) >= 11 is 0. The van der Waals surface area contributed by atoms with Gasteiger partial charge in [0, 0.05) is 40.9 Å². The molecule has 8 heteroatoms. The number of fused-ring (bicyclic) bond motifs is 1. The fourth-order valence-corrected chi connectivity index (χ4v) is 4.94. The van der Waals surface area contributed by atoms with Gasteiger partial charge in [-0.2, -0.15) is 9.78 Å². The summed E-state index contributed by atoms with van der Waals surface area (Å²) < 4.78 is 12.8. The predicted molar refractivity (Wildman–Crippen MR) is 137 cm³/mol. The Morgan fingerprint density at radius 3 is 2.33 bits per heavy atom. The fraction of sp³-hybridized carbons (Fsp3) is 0.286. The largest absolute Gasteiger partial charge is 0.497 e. The first-order chi connectivity index (χ1) is 17.4. The van der Waals surface area contributed by atoms with Gasteiger partial charge in [0.15, 0.2) is 0 Å². The molecule has 0 bridgehead atoms. The molecular weight excluding hydrogens is 454 g/mol. The van der Waals surface area contributed by atoms with Crippen LogP contribution in [0.3, 0.4) is 0 Å². The fourth-order valence-electron chi connectivity index (χ4n) is 4.94. The number of methoxy groups -OCH3 is 2. The zero-order valence-corrected chi connectivity index (χ0v) is 21.1. The molecule has 1 aliphatic heterocycles. The molecule has 0 saturated carbocycles. The molecule has 0 N–H and O–H groups in total. The van der Waals surface area contributed by atoms with Crippen molar-refractivity contribution in [3.8, 4) is 17.4 Å². The maximum atomic E-state index is 13.8. The average molecular weight is 484 g/mol. The van der Waals surface area contributed by atoms with Crippen LogP contribution < -0.4 is 14.4 Å². The van der Waals surface area contributed by atoms with E-state index in [2.05, 4.69) is 9.97 Å². The molecule has 36 heavy (non-hydrogen) atoms. The van der Waals surface area contributed by atoms with E-state index in [-0.39, 0.29) is 11.8 Å². The molecule has 3 heterocycles. The molecule has 2 aromatic heterocycles. The van der Waals surface area contributed by atoms with Crippen LogP contribution in [-0.4, -0.2) is 39.9 Å². The highest BCUT2D eigenvalue weighted by atomic mass is 16.5. The number of hydrogen-bond acceptors (Lipinski definition) is 6. The first-order valence-corrected chi connectivity index (χ1v) is 11.9. The Morgan fingerprint density at radius 1 is 0.944 bits per heavy atom. The lowest BCUT2D eigenvalue weighted by molar-refractivity contribution is -0.119. The zero-order valence-electron chi connectivity index (χ0n) is 21.1. The molecule has 5 rings (SSSR count). The minimum absolute atomic E-state index is 0.000232. The monoisotopic (exact) mass is 483 g/mol. The molecule has 0 unspecified atom stereocenters. The van der Waals surface area contributed by atoms with Crippen LogP contribution in [0.2, 0.25) is 0 Å². The topological polar surface area (TPSA) is 82.4 Å². The van der Waals surface area contributed by atoms with Crippen molar-refractivity contribution >= 4 is 11.7 Å². The average Bonchev–Trinajstić information content (AvgIpc) is 3.22. The van der Waals surface area contributed by atoms with Gasteiger partial charge in [-0.25, -0.2) is 9.97 Å². The van der Waals surface area contributed by atoms with E-state index in [1.54, 1.807) is 23.8 Å². The minimum Gasteiger partial charge on any atom is -0.497 e. The summed E-state index contributed by atoms with van der Waals surface area (Å²) in [6.07, 6.45) is 0.294. The van der Waals surface area contributed by atoms with Crippen molar-refractivity contribution in [2.45, 2.75) is 39.7 Å². The van der Waals surface area contributed by atoms with Gasteiger partial charge in [0.2, 0.25) is 5.91 Å². The maximum Gasteiger partial charge on any atom is 0.252 e. The number of rotatable bonds is 6. The number of aromatic nitrogens is 4. The predicted octanol–water partition coefficient (Wildman–Crippen LogP) is 4.67. The van der Waals surface area contributed by atoms with Gasteiger partial charge in [0.25, 0.3) is 5.95 Å².